The molecule has 0 saturated heterocycles. The minimum absolute atomic E-state index is 0.00220. The first-order chi connectivity index (χ1) is 11.4. The standard InChI is InChI=1S/C14H18N6O4/c1-4-24-12(21)9-19-14(15-16-17-19)13(18(2)3)10-5-7-11(8-6-10)20(22)23/h5-8,13H,4,9H2,1-3H3/t13-/m0/s1. The van der Waals surface area contributed by atoms with E-state index in [0.717, 1.165) is 5.56 Å². The maximum Gasteiger partial charge on any atom is 0.327 e. The normalized spacial score (nSPS) is 12.2. The number of rotatable bonds is 7. The van der Waals surface area contributed by atoms with Gasteiger partial charge >= 0.3 is 5.97 Å². The third-order valence-corrected chi connectivity index (χ3v) is 3.32. The molecule has 0 aliphatic heterocycles. The quantitative estimate of drug-likeness (QED) is 0.414. The van der Waals surface area contributed by atoms with Crippen molar-refractivity contribution < 1.29 is 14.5 Å². The molecule has 10 nitrogen and oxygen atoms in total. The summed E-state index contributed by atoms with van der Waals surface area (Å²) in [6, 6.07) is 5.77. The van der Waals surface area contributed by atoms with Gasteiger partial charge in [0, 0.05) is 12.1 Å². The molecular weight excluding hydrogens is 316 g/mol. The Morgan fingerprint density at radius 2 is 2.04 bits per heavy atom. The summed E-state index contributed by atoms with van der Waals surface area (Å²) in [6.45, 7) is 1.89. The van der Waals surface area contributed by atoms with E-state index in [1.54, 1.807) is 19.1 Å². The lowest BCUT2D eigenvalue weighted by molar-refractivity contribution is -0.384. The second-order valence-electron chi connectivity index (χ2n) is 5.21. The second-order valence-corrected chi connectivity index (χ2v) is 5.21. The molecule has 0 aliphatic carbocycles. The Bertz CT molecular complexity index is 712. The molecule has 0 radical (unpaired) electrons. The average molecular weight is 334 g/mol. The molecule has 0 unspecified atom stereocenters. The molecule has 128 valence electrons. The number of benzene rings is 1. The molecular formula is C14H18N6O4. The van der Waals surface area contributed by atoms with Crippen molar-refractivity contribution in [3.63, 3.8) is 0 Å². The SMILES string of the molecule is CCOC(=O)Cn1nnnc1[C@H](c1ccc([N+](=O)[O-])cc1)N(C)C. The van der Waals surface area contributed by atoms with E-state index in [9.17, 15) is 14.9 Å². The number of carbonyl (C=O) groups excluding carboxylic acids is 1. The Morgan fingerprint density at radius 1 is 1.38 bits per heavy atom. The Morgan fingerprint density at radius 3 is 2.58 bits per heavy atom. The predicted octanol–water partition coefficient (Wildman–Crippen LogP) is 0.795. The first-order valence-corrected chi connectivity index (χ1v) is 7.26. The Kier molecular flexibility index (Phi) is 5.53. The van der Waals surface area contributed by atoms with Gasteiger partial charge in [0.15, 0.2) is 5.82 Å². The largest absolute Gasteiger partial charge is 0.465 e. The number of nitro groups is 1. The molecule has 0 spiro atoms. The van der Waals surface area contributed by atoms with E-state index >= 15 is 0 Å². The van der Waals surface area contributed by atoms with Crippen LogP contribution in [-0.4, -0.2) is 56.7 Å². The molecule has 0 fully saturated rings. The van der Waals surface area contributed by atoms with Crippen LogP contribution < -0.4 is 0 Å². The fourth-order valence-electron chi connectivity index (χ4n) is 2.31. The zero-order valence-corrected chi connectivity index (χ0v) is 13.6. The molecule has 2 rings (SSSR count). The minimum Gasteiger partial charge on any atom is -0.465 e. The number of non-ortho nitro benzene ring substituents is 1. The minimum atomic E-state index is -0.459. The van der Waals surface area contributed by atoms with Gasteiger partial charge in [-0.2, -0.15) is 0 Å². The van der Waals surface area contributed by atoms with Crippen LogP contribution in [-0.2, 0) is 16.1 Å². The highest BCUT2D eigenvalue weighted by molar-refractivity contribution is 5.69. The number of aromatic nitrogens is 4. The summed E-state index contributed by atoms with van der Waals surface area (Å²) in [4.78, 5) is 23.9. The lowest BCUT2D eigenvalue weighted by atomic mass is 10.0. The van der Waals surface area contributed by atoms with Crippen LogP contribution in [0.3, 0.4) is 0 Å². The van der Waals surface area contributed by atoms with Crippen molar-refractivity contribution in [1.29, 1.82) is 0 Å². The van der Waals surface area contributed by atoms with Gasteiger partial charge in [0.05, 0.1) is 17.6 Å². The van der Waals surface area contributed by atoms with Crippen LogP contribution in [0.15, 0.2) is 24.3 Å². The Hall–Kier alpha value is -2.88. The molecule has 2 aromatic rings. The van der Waals surface area contributed by atoms with Crippen molar-refractivity contribution in [3.8, 4) is 0 Å². The van der Waals surface area contributed by atoms with Crippen LogP contribution >= 0.6 is 0 Å². The van der Waals surface area contributed by atoms with E-state index in [1.807, 2.05) is 19.0 Å². The summed E-state index contributed by atoms with van der Waals surface area (Å²) < 4.78 is 6.28. The zero-order valence-electron chi connectivity index (χ0n) is 13.6. The summed E-state index contributed by atoms with van der Waals surface area (Å²) in [5, 5.41) is 22.3. The highest BCUT2D eigenvalue weighted by Crippen LogP contribution is 2.26. The van der Waals surface area contributed by atoms with Crippen molar-refractivity contribution in [1.82, 2.24) is 25.1 Å². The van der Waals surface area contributed by atoms with Crippen molar-refractivity contribution in [2.75, 3.05) is 20.7 Å². The summed E-state index contributed by atoms with van der Waals surface area (Å²) in [5.41, 5.74) is 0.771. The average Bonchev–Trinajstić information content (AvgIpc) is 2.95. The van der Waals surface area contributed by atoms with Gasteiger partial charge < -0.3 is 4.74 Å². The van der Waals surface area contributed by atoms with Gasteiger partial charge in [-0.15, -0.1) is 5.10 Å². The van der Waals surface area contributed by atoms with Crippen LogP contribution in [0.1, 0.15) is 24.4 Å². The fraction of sp³-hybridized carbons (Fsp3) is 0.429. The van der Waals surface area contributed by atoms with E-state index in [-0.39, 0.29) is 24.9 Å². The number of nitro benzene ring substituents is 1. The third kappa shape index (κ3) is 3.90. The van der Waals surface area contributed by atoms with Crippen LogP contribution in [0, 0.1) is 10.1 Å². The van der Waals surface area contributed by atoms with Gasteiger partial charge in [-0.05, 0) is 37.0 Å². The smallest absolute Gasteiger partial charge is 0.327 e. The number of esters is 1. The maximum absolute atomic E-state index is 11.7. The maximum atomic E-state index is 11.7. The molecule has 1 heterocycles. The topological polar surface area (TPSA) is 116 Å². The molecule has 1 aromatic carbocycles. The van der Waals surface area contributed by atoms with Gasteiger partial charge in [-0.1, -0.05) is 12.1 Å². The lowest BCUT2D eigenvalue weighted by Crippen LogP contribution is -2.26. The Balaban J connectivity index is 2.33. The van der Waals surface area contributed by atoms with E-state index in [4.69, 9.17) is 4.74 Å². The highest BCUT2D eigenvalue weighted by Gasteiger charge is 2.25. The van der Waals surface area contributed by atoms with E-state index in [0.29, 0.717) is 5.82 Å². The van der Waals surface area contributed by atoms with E-state index in [2.05, 4.69) is 15.5 Å². The molecule has 0 bridgehead atoms. The van der Waals surface area contributed by atoms with Gasteiger partial charge in [-0.25, -0.2) is 4.68 Å². The predicted molar refractivity (Wildman–Crippen MR) is 83.1 cm³/mol. The first kappa shape index (κ1) is 17.5. The number of hydrogen-bond donors (Lipinski definition) is 0. The van der Waals surface area contributed by atoms with Crippen LogP contribution in [0.25, 0.3) is 0 Å². The molecule has 0 N–H and O–H groups in total. The first-order valence-electron chi connectivity index (χ1n) is 7.26. The third-order valence-electron chi connectivity index (χ3n) is 3.32. The Labute approximate surface area is 138 Å². The number of hydrogen-bond acceptors (Lipinski definition) is 8. The van der Waals surface area contributed by atoms with Gasteiger partial charge in [0.1, 0.15) is 6.54 Å². The fourth-order valence-corrected chi connectivity index (χ4v) is 2.31. The molecule has 10 heteroatoms. The van der Waals surface area contributed by atoms with Crippen molar-refractivity contribution >= 4 is 11.7 Å². The number of carbonyl (C=O) groups is 1. The highest BCUT2D eigenvalue weighted by atomic mass is 16.6. The molecule has 24 heavy (non-hydrogen) atoms. The lowest BCUT2D eigenvalue weighted by Gasteiger charge is -2.23. The summed E-state index contributed by atoms with van der Waals surface area (Å²) in [6.07, 6.45) is 0. The van der Waals surface area contributed by atoms with Gasteiger partial charge in [0.2, 0.25) is 0 Å². The second kappa shape index (κ2) is 7.59. The zero-order chi connectivity index (χ0) is 17.7. The van der Waals surface area contributed by atoms with Gasteiger partial charge in [-0.3, -0.25) is 19.8 Å². The van der Waals surface area contributed by atoms with Crippen LogP contribution in [0.2, 0.25) is 0 Å². The van der Waals surface area contributed by atoms with Crippen LogP contribution in [0.4, 0.5) is 5.69 Å². The molecule has 1 aromatic heterocycles. The van der Waals surface area contributed by atoms with Crippen molar-refractivity contribution in [3.05, 3.63) is 45.8 Å². The van der Waals surface area contributed by atoms with Gasteiger partial charge in [0.25, 0.3) is 5.69 Å². The number of nitrogens with zero attached hydrogens (tertiary/aromatic N) is 6. The number of ether oxygens (including phenoxy) is 1. The summed E-state index contributed by atoms with van der Waals surface area (Å²) in [5.74, 6) is 0.00848. The molecule has 0 saturated carbocycles. The summed E-state index contributed by atoms with van der Waals surface area (Å²) in [7, 11) is 3.66. The van der Waals surface area contributed by atoms with E-state index in [1.165, 1.54) is 16.8 Å². The van der Waals surface area contributed by atoms with E-state index < -0.39 is 10.9 Å². The molecule has 1 atom stereocenters. The van der Waals surface area contributed by atoms with Crippen molar-refractivity contribution in [2.45, 2.75) is 19.5 Å². The summed E-state index contributed by atoms with van der Waals surface area (Å²) >= 11 is 0. The number of tetrazole rings is 1. The van der Waals surface area contributed by atoms with Crippen LogP contribution in [0.5, 0.6) is 0 Å². The van der Waals surface area contributed by atoms with Crippen molar-refractivity contribution in [2.24, 2.45) is 0 Å². The molecule has 0 amide bonds. The molecule has 0 aliphatic rings. The monoisotopic (exact) mass is 334 g/mol.